The van der Waals surface area contributed by atoms with Gasteiger partial charge in [-0.05, 0) is 17.7 Å². The highest BCUT2D eigenvalue weighted by Crippen LogP contribution is 2.33. The van der Waals surface area contributed by atoms with Crippen molar-refractivity contribution < 1.29 is 24.1 Å². The first-order chi connectivity index (χ1) is 13.1. The molecule has 9 heteroatoms. The Balaban J connectivity index is 1.48. The van der Waals surface area contributed by atoms with Crippen molar-refractivity contribution in [3.63, 3.8) is 0 Å². The first-order valence-electron chi connectivity index (χ1n) is 8.86. The highest BCUT2D eigenvalue weighted by molar-refractivity contribution is 5.79. The molecule has 3 aliphatic rings. The monoisotopic (exact) mass is 374 g/mol. The standard InChI is InChI=1S/C18H22N4O5/c23-17(24)8-18(11-20-9-16(21-18)22-5-3-19-4-6-22)27-10-13-1-2-14-15(7-13)26-12-25-14/h1-2,7,9,11,19,21H,3-6,8,10,12H2,(H,23,24). The van der Waals surface area contributed by atoms with Crippen LogP contribution in [0.3, 0.4) is 0 Å². The number of ether oxygens (including phenoxy) is 3. The van der Waals surface area contributed by atoms with Gasteiger partial charge in [0.1, 0.15) is 5.82 Å². The molecule has 4 rings (SSSR count). The van der Waals surface area contributed by atoms with Crippen molar-refractivity contribution in [2.24, 2.45) is 4.99 Å². The summed E-state index contributed by atoms with van der Waals surface area (Å²) in [5, 5.41) is 15.9. The van der Waals surface area contributed by atoms with E-state index in [1.807, 2.05) is 18.2 Å². The van der Waals surface area contributed by atoms with E-state index in [-0.39, 0.29) is 19.8 Å². The zero-order valence-electron chi connectivity index (χ0n) is 14.8. The van der Waals surface area contributed by atoms with Gasteiger partial charge in [-0.15, -0.1) is 0 Å². The van der Waals surface area contributed by atoms with Crippen LogP contribution in [0.25, 0.3) is 0 Å². The van der Waals surface area contributed by atoms with Gasteiger partial charge in [-0.1, -0.05) is 6.07 Å². The third kappa shape index (κ3) is 3.99. The molecule has 1 aromatic carbocycles. The Hall–Kier alpha value is -2.78. The Kier molecular flexibility index (Phi) is 4.87. The first-order valence-corrected chi connectivity index (χ1v) is 8.86. The van der Waals surface area contributed by atoms with Crippen molar-refractivity contribution in [1.82, 2.24) is 15.5 Å². The lowest BCUT2D eigenvalue weighted by atomic mass is 10.1. The highest BCUT2D eigenvalue weighted by Gasteiger charge is 2.36. The molecule has 3 heterocycles. The third-order valence-electron chi connectivity index (χ3n) is 4.62. The van der Waals surface area contributed by atoms with Crippen LogP contribution >= 0.6 is 0 Å². The van der Waals surface area contributed by atoms with E-state index >= 15 is 0 Å². The van der Waals surface area contributed by atoms with Gasteiger partial charge in [0.05, 0.1) is 25.4 Å². The second-order valence-corrected chi connectivity index (χ2v) is 6.59. The second kappa shape index (κ2) is 7.45. The summed E-state index contributed by atoms with van der Waals surface area (Å²) in [4.78, 5) is 17.9. The number of carboxylic acids is 1. The quantitative estimate of drug-likeness (QED) is 0.661. The molecule has 0 aliphatic carbocycles. The molecule has 9 nitrogen and oxygen atoms in total. The van der Waals surface area contributed by atoms with Gasteiger partial charge in [0.2, 0.25) is 6.79 Å². The summed E-state index contributed by atoms with van der Waals surface area (Å²) in [6, 6.07) is 5.53. The molecule has 144 valence electrons. The zero-order chi connectivity index (χ0) is 18.7. The number of aliphatic carboxylic acids is 1. The van der Waals surface area contributed by atoms with E-state index in [0.717, 1.165) is 37.6 Å². The van der Waals surface area contributed by atoms with Crippen LogP contribution in [-0.2, 0) is 16.1 Å². The van der Waals surface area contributed by atoms with E-state index in [9.17, 15) is 9.90 Å². The number of nitrogens with zero attached hydrogens (tertiary/aromatic N) is 2. The summed E-state index contributed by atoms with van der Waals surface area (Å²) in [5.74, 6) is 1.16. The van der Waals surface area contributed by atoms with Gasteiger partial charge in [0, 0.05) is 26.2 Å². The summed E-state index contributed by atoms with van der Waals surface area (Å²) < 4.78 is 16.7. The maximum atomic E-state index is 11.5. The van der Waals surface area contributed by atoms with Crippen molar-refractivity contribution in [3.8, 4) is 11.5 Å². The van der Waals surface area contributed by atoms with Gasteiger partial charge >= 0.3 is 5.97 Å². The maximum absolute atomic E-state index is 11.5. The van der Waals surface area contributed by atoms with Crippen LogP contribution in [0.15, 0.2) is 35.2 Å². The van der Waals surface area contributed by atoms with Gasteiger partial charge in [-0.3, -0.25) is 9.79 Å². The Morgan fingerprint density at radius 1 is 1.30 bits per heavy atom. The van der Waals surface area contributed by atoms with E-state index in [1.165, 1.54) is 6.21 Å². The maximum Gasteiger partial charge on any atom is 0.308 e. The molecule has 0 radical (unpaired) electrons. The molecular weight excluding hydrogens is 352 g/mol. The molecule has 1 saturated heterocycles. The van der Waals surface area contributed by atoms with E-state index in [4.69, 9.17) is 14.2 Å². The number of hydrogen-bond acceptors (Lipinski definition) is 8. The lowest BCUT2D eigenvalue weighted by Gasteiger charge is -2.39. The third-order valence-corrected chi connectivity index (χ3v) is 4.62. The van der Waals surface area contributed by atoms with Crippen LogP contribution in [0.4, 0.5) is 0 Å². The fourth-order valence-electron chi connectivity index (χ4n) is 3.26. The molecule has 0 saturated carbocycles. The summed E-state index contributed by atoms with van der Waals surface area (Å²) in [6.45, 7) is 3.78. The molecule has 0 aromatic heterocycles. The molecular formula is C18H22N4O5. The number of carbonyl (C=O) groups is 1. The summed E-state index contributed by atoms with van der Waals surface area (Å²) in [7, 11) is 0. The van der Waals surface area contributed by atoms with Crippen LogP contribution in [0, 0.1) is 0 Å². The van der Waals surface area contributed by atoms with E-state index in [2.05, 4.69) is 20.5 Å². The van der Waals surface area contributed by atoms with Crippen LogP contribution in [0.5, 0.6) is 11.5 Å². The minimum atomic E-state index is -1.21. The van der Waals surface area contributed by atoms with Crippen LogP contribution in [0.2, 0.25) is 0 Å². The van der Waals surface area contributed by atoms with Gasteiger partial charge < -0.3 is 34.9 Å². The molecule has 3 aliphatic heterocycles. The van der Waals surface area contributed by atoms with Crippen molar-refractivity contribution >= 4 is 12.2 Å². The molecule has 1 fully saturated rings. The first kappa shape index (κ1) is 17.6. The van der Waals surface area contributed by atoms with E-state index in [0.29, 0.717) is 11.5 Å². The molecule has 0 bridgehead atoms. The largest absolute Gasteiger partial charge is 0.481 e. The number of aliphatic imine (C=N–C) groups is 1. The lowest BCUT2D eigenvalue weighted by Crippen LogP contribution is -2.56. The number of piperazine rings is 1. The van der Waals surface area contributed by atoms with Crippen molar-refractivity contribution in [1.29, 1.82) is 0 Å². The molecule has 3 N–H and O–H groups in total. The van der Waals surface area contributed by atoms with Crippen molar-refractivity contribution in [3.05, 3.63) is 35.8 Å². The zero-order valence-corrected chi connectivity index (χ0v) is 14.8. The Bertz CT molecular complexity index is 775. The molecule has 1 unspecified atom stereocenters. The highest BCUT2D eigenvalue weighted by atomic mass is 16.7. The van der Waals surface area contributed by atoms with Crippen LogP contribution in [0.1, 0.15) is 12.0 Å². The van der Waals surface area contributed by atoms with Crippen molar-refractivity contribution in [2.45, 2.75) is 18.8 Å². The number of benzene rings is 1. The number of carboxylic acid groups (broad SMARTS) is 1. The fourth-order valence-corrected chi connectivity index (χ4v) is 3.26. The average Bonchev–Trinajstić information content (AvgIpc) is 3.15. The number of hydrogen-bond donors (Lipinski definition) is 3. The molecule has 0 amide bonds. The van der Waals surface area contributed by atoms with Crippen molar-refractivity contribution in [2.75, 3.05) is 33.0 Å². The van der Waals surface area contributed by atoms with E-state index < -0.39 is 11.7 Å². The molecule has 0 spiro atoms. The second-order valence-electron chi connectivity index (χ2n) is 6.59. The van der Waals surface area contributed by atoms with Crippen LogP contribution in [-0.4, -0.2) is 60.9 Å². The normalized spacial score (nSPS) is 23.7. The molecule has 27 heavy (non-hydrogen) atoms. The van der Waals surface area contributed by atoms with Gasteiger partial charge in [0.15, 0.2) is 17.2 Å². The van der Waals surface area contributed by atoms with Crippen LogP contribution < -0.4 is 20.1 Å². The predicted octanol–water partition coefficient (Wildman–Crippen LogP) is 0.481. The van der Waals surface area contributed by atoms with Gasteiger partial charge in [0.25, 0.3) is 0 Å². The van der Waals surface area contributed by atoms with E-state index in [1.54, 1.807) is 6.20 Å². The Morgan fingerprint density at radius 3 is 2.93 bits per heavy atom. The average molecular weight is 374 g/mol. The minimum Gasteiger partial charge on any atom is -0.481 e. The molecule has 1 aromatic rings. The summed E-state index contributed by atoms with van der Waals surface area (Å²) >= 11 is 0. The Morgan fingerprint density at radius 2 is 2.11 bits per heavy atom. The molecule has 1 atom stereocenters. The summed E-state index contributed by atoms with van der Waals surface area (Å²) in [5.41, 5.74) is -0.352. The van der Waals surface area contributed by atoms with Gasteiger partial charge in [-0.2, -0.15) is 0 Å². The fraction of sp³-hybridized carbons (Fsp3) is 0.444. The summed E-state index contributed by atoms with van der Waals surface area (Å²) in [6.07, 6.45) is 2.97. The number of rotatable bonds is 6. The number of nitrogens with one attached hydrogen (secondary N) is 2. The predicted molar refractivity (Wildman–Crippen MR) is 96.5 cm³/mol. The number of fused-ring (bicyclic) bond motifs is 1. The Labute approximate surface area is 156 Å². The minimum absolute atomic E-state index is 0.204. The smallest absolute Gasteiger partial charge is 0.308 e. The van der Waals surface area contributed by atoms with Gasteiger partial charge in [-0.25, -0.2) is 0 Å². The lowest BCUT2D eigenvalue weighted by molar-refractivity contribution is -0.143. The topological polar surface area (TPSA) is 105 Å². The SMILES string of the molecule is O=C(O)CC1(OCc2ccc3c(c2)OCO3)C=NC=C(N2CCNCC2)N1.